The fraction of sp³-hybridized carbons (Fsp3) is 0.385. The van der Waals surface area contributed by atoms with Crippen LogP contribution in [-0.2, 0) is 11.2 Å². The first-order valence-electron chi connectivity index (χ1n) is 6.26. The summed E-state index contributed by atoms with van der Waals surface area (Å²) >= 11 is 1.46. The van der Waals surface area contributed by atoms with Crippen molar-refractivity contribution >= 4 is 42.1 Å². The number of nitrogens with one attached hydrogen (secondary N) is 1. The third kappa shape index (κ3) is 6.06. The highest BCUT2D eigenvalue weighted by molar-refractivity contribution is 7.13. The predicted molar refractivity (Wildman–Crippen MR) is 89.8 cm³/mol. The number of nitrogens with zero attached hydrogens (tertiary/aromatic N) is 1. The molecule has 10 heteroatoms. The number of rotatable bonds is 6. The minimum Gasteiger partial charge on any atom is -0.440 e. The van der Waals surface area contributed by atoms with E-state index in [4.69, 9.17) is 10.2 Å². The highest BCUT2D eigenvalue weighted by Crippen LogP contribution is 2.26. The molecule has 0 spiro atoms. The number of carbonyl (C=O) groups is 1. The van der Waals surface area contributed by atoms with Gasteiger partial charge in [-0.25, -0.2) is 13.8 Å². The van der Waals surface area contributed by atoms with E-state index in [1.54, 1.807) is 6.92 Å². The largest absolute Gasteiger partial charge is 0.440 e. The zero-order valence-electron chi connectivity index (χ0n) is 12.2. The number of nitrogens with two attached hydrogens (primary N) is 1. The van der Waals surface area contributed by atoms with Crippen LogP contribution in [0.25, 0.3) is 10.8 Å². The minimum absolute atomic E-state index is 0. The molecule has 0 aromatic carbocycles. The van der Waals surface area contributed by atoms with Gasteiger partial charge in [0.2, 0.25) is 11.8 Å². The molecule has 0 aliphatic carbocycles. The standard InChI is InChI=1S/C13H15F2N3O2S.2ClH/c1-8-9(5-11(19)17-7-13(14,15)6-16)18-12(20-8)10-3-2-4-21-10;;/h2-4H,5-7,16H2,1H3,(H,17,19);2*1H. The number of oxazole rings is 1. The lowest BCUT2D eigenvalue weighted by Gasteiger charge is -2.14. The van der Waals surface area contributed by atoms with Crippen molar-refractivity contribution in [1.29, 1.82) is 0 Å². The van der Waals surface area contributed by atoms with Crippen LogP contribution < -0.4 is 11.1 Å². The molecule has 5 nitrogen and oxygen atoms in total. The van der Waals surface area contributed by atoms with Crippen LogP contribution >= 0.6 is 36.2 Å². The maximum absolute atomic E-state index is 12.9. The van der Waals surface area contributed by atoms with Crippen molar-refractivity contribution in [1.82, 2.24) is 10.3 Å². The molecule has 3 N–H and O–H groups in total. The van der Waals surface area contributed by atoms with Crippen LogP contribution in [0.3, 0.4) is 0 Å². The number of hydrogen-bond acceptors (Lipinski definition) is 5. The van der Waals surface area contributed by atoms with Gasteiger partial charge in [-0.05, 0) is 18.4 Å². The SMILES string of the molecule is Cc1oc(-c2cccs2)nc1CC(=O)NCC(F)(F)CN.Cl.Cl. The molecule has 0 unspecified atom stereocenters. The van der Waals surface area contributed by atoms with Crippen LogP contribution in [0.15, 0.2) is 21.9 Å². The fourth-order valence-corrected chi connectivity index (χ4v) is 2.26. The Labute approximate surface area is 148 Å². The van der Waals surface area contributed by atoms with E-state index < -0.39 is 24.9 Å². The summed E-state index contributed by atoms with van der Waals surface area (Å²) in [6.45, 7) is 0.0943. The van der Waals surface area contributed by atoms with Gasteiger partial charge in [-0.1, -0.05) is 6.07 Å². The monoisotopic (exact) mass is 387 g/mol. The first-order valence-corrected chi connectivity index (χ1v) is 7.14. The van der Waals surface area contributed by atoms with Gasteiger partial charge in [0.15, 0.2) is 0 Å². The van der Waals surface area contributed by atoms with Crippen molar-refractivity contribution in [2.45, 2.75) is 19.3 Å². The summed E-state index contributed by atoms with van der Waals surface area (Å²) in [7, 11) is 0. The maximum Gasteiger partial charge on any atom is 0.277 e. The third-order valence-electron chi connectivity index (χ3n) is 2.80. The molecule has 0 aliphatic rings. The van der Waals surface area contributed by atoms with Gasteiger partial charge in [0.1, 0.15) is 5.76 Å². The van der Waals surface area contributed by atoms with Crippen molar-refractivity contribution in [3.63, 3.8) is 0 Å². The molecule has 2 aromatic rings. The van der Waals surface area contributed by atoms with Gasteiger partial charge in [-0.2, -0.15) is 0 Å². The van der Waals surface area contributed by atoms with Crippen molar-refractivity contribution < 1.29 is 18.0 Å². The summed E-state index contributed by atoms with van der Waals surface area (Å²) < 4.78 is 31.4. The lowest BCUT2D eigenvalue weighted by atomic mass is 10.2. The maximum atomic E-state index is 12.9. The topological polar surface area (TPSA) is 81.2 Å². The molecule has 2 heterocycles. The number of aromatic nitrogens is 1. The second kappa shape index (κ2) is 9.17. The average Bonchev–Trinajstić information content (AvgIpc) is 3.07. The summed E-state index contributed by atoms with van der Waals surface area (Å²) in [4.78, 5) is 16.7. The first-order chi connectivity index (χ1) is 9.91. The Balaban J connectivity index is 0.00000242. The zero-order valence-corrected chi connectivity index (χ0v) is 14.6. The van der Waals surface area contributed by atoms with Crippen LogP contribution in [0.4, 0.5) is 8.78 Å². The van der Waals surface area contributed by atoms with E-state index in [1.165, 1.54) is 11.3 Å². The average molecular weight is 388 g/mol. The Bertz CT molecular complexity index is 621. The Morgan fingerprint density at radius 2 is 2.17 bits per heavy atom. The Morgan fingerprint density at radius 1 is 1.48 bits per heavy atom. The lowest BCUT2D eigenvalue weighted by Crippen LogP contribution is -2.42. The lowest BCUT2D eigenvalue weighted by molar-refractivity contribution is -0.122. The normalized spacial score (nSPS) is 10.6. The van der Waals surface area contributed by atoms with Crippen LogP contribution in [0, 0.1) is 6.92 Å². The number of aryl methyl sites for hydroxylation is 1. The number of hydrogen-bond donors (Lipinski definition) is 2. The molecule has 2 aromatic heterocycles. The van der Waals surface area contributed by atoms with Crippen LogP contribution in [0.5, 0.6) is 0 Å². The van der Waals surface area contributed by atoms with Gasteiger partial charge in [0, 0.05) is 0 Å². The number of halogens is 4. The smallest absolute Gasteiger partial charge is 0.277 e. The van der Waals surface area contributed by atoms with Crippen molar-refractivity contribution in [3.05, 3.63) is 29.0 Å². The molecule has 2 rings (SSSR count). The number of thiophene rings is 1. The van der Waals surface area contributed by atoms with E-state index in [0.29, 0.717) is 17.3 Å². The number of amides is 1. The third-order valence-corrected chi connectivity index (χ3v) is 3.65. The molecule has 0 saturated heterocycles. The first kappa shape index (κ1) is 21.8. The van der Waals surface area contributed by atoms with E-state index >= 15 is 0 Å². The minimum atomic E-state index is -3.10. The highest BCUT2D eigenvalue weighted by atomic mass is 35.5. The Morgan fingerprint density at radius 3 is 2.74 bits per heavy atom. The van der Waals surface area contributed by atoms with Crippen molar-refractivity contribution in [2.75, 3.05) is 13.1 Å². The van der Waals surface area contributed by atoms with E-state index in [1.807, 2.05) is 17.5 Å². The zero-order chi connectivity index (χ0) is 15.5. The Hall–Kier alpha value is -1.22. The summed E-state index contributed by atoms with van der Waals surface area (Å²) in [6, 6.07) is 3.71. The van der Waals surface area contributed by atoms with Crippen molar-refractivity contribution in [2.24, 2.45) is 5.73 Å². The van der Waals surface area contributed by atoms with E-state index in [-0.39, 0.29) is 31.2 Å². The van der Waals surface area contributed by atoms with E-state index in [0.717, 1.165) is 4.88 Å². The molecular formula is C13H17Cl2F2N3O2S. The molecule has 0 aliphatic heterocycles. The number of alkyl halides is 2. The van der Waals surface area contributed by atoms with Crippen LogP contribution in [-0.4, -0.2) is 29.9 Å². The van der Waals surface area contributed by atoms with Crippen molar-refractivity contribution in [3.8, 4) is 10.8 Å². The molecule has 130 valence electrons. The van der Waals surface area contributed by atoms with E-state index in [2.05, 4.69) is 10.3 Å². The molecular weight excluding hydrogens is 371 g/mol. The summed E-state index contributed by atoms with van der Waals surface area (Å²) in [5, 5.41) is 4.03. The van der Waals surface area contributed by atoms with Crippen LogP contribution in [0.1, 0.15) is 11.5 Å². The summed E-state index contributed by atoms with van der Waals surface area (Å²) in [5.74, 6) is -2.72. The highest BCUT2D eigenvalue weighted by Gasteiger charge is 2.27. The van der Waals surface area contributed by atoms with Gasteiger partial charge in [-0.15, -0.1) is 36.2 Å². The second-order valence-electron chi connectivity index (χ2n) is 4.51. The fourth-order valence-electron chi connectivity index (χ4n) is 1.61. The molecule has 0 bridgehead atoms. The van der Waals surface area contributed by atoms with Gasteiger partial charge in [-0.3, -0.25) is 4.79 Å². The second-order valence-corrected chi connectivity index (χ2v) is 5.46. The predicted octanol–water partition coefficient (Wildman–Crippen LogP) is 2.81. The Kier molecular flexibility index (Phi) is 8.68. The van der Waals surface area contributed by atoms with E-state index in [9.17, 15) is 13.6 Å². The quantitative estimate of drug-likeness (QED) is 0.798. The van der Waals surface area contributed by atoms with Gasteiger partial charge in [0.25, 0.3) is 5.92 Å². The summed E-state index contributed by atoms with van der Waals surface area (Å²) in [5.41, 5.74) is 5.34. The van der Waals surface area contributed by atoms with Gasteiger partial charge in [0.05, 0.1) is 30.1 Å². The van der Waals surface area contributed by atoms with Crippen LogP contribution in [0.2, 0.25) is 0 Å². The molecule has 0 fully saturated rings. The molecule has 1 amide bonds. The van der Waals surface area contributed by atoms with Gasteiger partial charge >= 0.3 is 0 Å². The molecule has 0 saturated carbocycles. The van der Waals surface area contributed by atoms with Gasteiger partial charge < -0.3 is 15.5 Å². The molecule has 23 heavy (non-hydrogen) atoms. The molecule has 0 radical (unpaired) electrons. The summed E-state index contributed by atoms with van der Waals surface area (Å²) in [6.07, 6.45) is -0.110. The molecule has 0 atom stereocenters. The number of carbonyl (C=O) groups excluding carboxylic acids is 1.